The van der Waals surface area contributed by atoms with Gasteiger partial charge in [0.25, 0.3) is 0 Å². The maximum absolute atomic E-state index is 13.6. The molecular formula is C24H28N4O4S. The number of anilines is 2. The van der Waals surface area contributed by atoms with Crippen LogP contribution in [0.5, 0.6) is 0 Å². The van der Waals surface area contributed by atoms with Crippen LogP contribution in [0.25, 0.3) is 11.1 Å². The molecule has 2 aromatic carbocycles. The van der Waals surface area contributed by atoms with Gasteiger partial charge in [-0.25, -0.2) is 8.42 Å². The Kier molecular flexibility index (Phi) is 6.53. The Morgan fingerprint density at radius 3 is 2.42 bits per heavy atom. The lowest BCUT2D eigenvalue weighted by atomic mass is 10.0. The van der Waals surface area contributed by atoms with E-state index >= 15 is 0 Å². The molecule has 8 nitrogen and oxygen atoms in total. The van der Waals surface area contributed by atoms with Crippen molar-refractivity contribution in [3.8, 4) is 11.1 Å². The fourth-order valence-corrected chi connectivity index (χ4v) is 5.78. The number of amides is 1. The fraction of sp³-hybridized carbons (Fsp3) is 0.333. The number of benzene rings is 2. The van der Waals surface area contributed by atoms with Gasteiger partial charge in [0.15, 0.2) is 0 Å². The average molecular weight is 469 g/mol. The lowest BCUT2D eigenvalue weighted by molar-refractivity contribution is -0.114. The summed E-state index contributed by atoms with van der Waals surface area (Å²) in [6.07, 6.45) is 0.579. The van der Waals surface area contributed by atoms with Gasteiger partial charge in [0.2, 0.25) is 21.8 Å². The predicted molar refractivity (Wildman–Crippen MR) is 128 cm³/mol. The molecule has 1 aliphatic heterocycles. The molecule has 1 fully saturated rings. The molecular weight excluding hydrogens is 440 g/mol. The van der Waals surface area contributed by atoms with E-state index in [0.717, 1.165) is 5.69 Å². The molecule has 1 aliphatic rings. The minimum absolute atomic E-state index is 0.225. The topological polar surface area (TPSA) is 95.8 Å². The van der Waals surface area contributed by atoms with Crippen molar-refractivity contribution in [2.45, 2.75) is 32.1 Å². The molecule has 174 valence electrons. The molecule has 0 aliphatic carbocycles. The van der Waals surface area contributed by atoms with Crippen molar-refractivity contribution >= 4 is 27.5 Å². The van der Waals surface area contributed by atoms with Crippen LogP contribution in [0.4, 0.5) is 11.6 Å². The molecule has 0 spiro atoms. The molecule has 4 rings (SSSR count). The highest BCUT2D eigenvalue weighted by atomic mass is 32.2. The highest BCUT2D eigenvalue weighted by Crippen LogP contribution is 2.35. The number of carbonyl (C=O) groups excluding carboxylic acids is 1. The van der Waals surface area contributed by atoms with Crippen LogP contribution in [0.1, 0.15) is 25.1 Å². The number of rotatable bonds is 6. The second-order valence-electron chi connectivity index (χ2n) is 8.08. The van der Waals surface area contributed by atoms with Crippen LogP contribution >= 0.6 is 0 Å². The van der Waals surface area contributed by atoms with Gasteiger partial charge in [-0.15, -0.1) is 0 Å². The summed E-state index contributed by atoms with van der Waals surface area (Å²) in [5.74, 6) is -0.0608. The van der Waals surface area contributed by atoms with Gasteiger partial charge < -0.3 is 9.42 Å². The third kappa shape index (κ3) is 4.65. The summed E-state index contributed by atoms with van der Waals surface area (Å²) in [7, 11) is -3.70. The monoisotopic (exact) mass is 468 g/mol. The third-order valence-electron chi connectivity index (χ3n) is 5.84. The number of aromatic nitrogens is 1. The second kappa shape index (κ2) is 9.36. The van der Waals surface area contributed by atoms with Gasteiger partial charge >= 0.3 is 0 Å². The Morgan fingerprint density at radius 1 is 1.09 bits per heavy atom. The lowest BCUT2D eigenvalue weighted by Gasteiger charge is -2.35. The van der Waals surface area contributed by atoms with Gasteiger partial charge in [-0.05, 0) is 42.7 Å². The molecule has 1 saturated heterocycles. The van der Waals surface area contributed by atoms with Crippen molar-refractivity contribution in [1.82, 2.24) is 9.46 Å². The van der Waals surface area contributed by atoms with Gasteiger partial charge in [0.05, 0.1) is 16.2 Å². The highest BCUT2D eigenvalue weighted by Gasteiger charge is 2.30. The average Bonchev–Trinajstić information content (AvgIpc) is 3.22. The summed E-state index contributed by atoms with van der Waals surface area (Å²) in [6, 6.07) is 15.3. The first-order chi connectivity index (χ1) is 15.8. The van der Waals surface area contributed by atoms with Crippen LogP contribution in [-0.4, -0.2) is 50.0 Å². The van der Waals surface area contributed by atoms with Crippen molar-refractivity contribution in [3.63, 3.8) is 0 Å². The van der Waals surface area contributed by atoms with Gasteiger partial charge in [-0.3, -0.25) is 10.1 Å². The van der Waals surface area contributed by atoms with Gasteiger partial charge in [0.1, 0.15) is 0 Å². The zero-order valence-electron chi connectivity index (χ0n) is 19.0. The van der Waals surface area contributed by atoms with Crippen LogP contribution in [-0.2, 0) is 21.2 Å². The summed E-state index contributed by atoms with van der Waals surface area (Å²) < 4.78 is 34.1. The number of carbonyl (C=O) groups is 1. The number of hydrogen-bond acceptors (Lipinski definition) is 6. The van der Waals surface area contributed by atoms with Crippen LogP contribution in [0.2, 0.25) is 0 Å². The van der Waals surface area contributed by atoms with E-state index in [1.165, 1.54) is 6.92 Å². The van der Waals surface area contributed by atoms with Gasteiger partial charge in [0, 0.05) is 38.8 Å². The first-order valence-corrected chi connectivity index (χ1v) is 12.4. The van der Waals surface area contributed by atoms with E-state index in [1.54, 1.807) is 23.4 Å². The van der Waals surface area contributed by atoms with Crippen LogP contribution in [0.3, 0.4) is 0 Å². The number of piperazine rings is 1. The molecule has 33 heavy (non-hydrogen) atoms. The molecule has 0 bridgehead atoms. The SMILES string of the molecule is CCc1noc(NC(C)=O)c1-c1ccc(C)c(S(=O)(=O)N2CCN(c3ccccc3)CC2)c1. The molecule has 0 unspecified atom stereocenters. The van der Waals surface area contributed by atoms with Crippen molar-refractivity contribution in [1.29, 1.82) is 0 Å². The number of hydrogen-bond donors (Lipinski definition) is 1. The van der Waals surface area contributed by atoms with E-state index in [0.29, 0.717) is 55.0 Å². The Labute approximate surface area is 194 Å². The molecule has 0 atom stereocenters. The van der Waals surface area contributed by atoms with E-state index in [9.17, 15) is 13.2 Å². The summed E-state index contributed by atoms with van der Waals surface area (Å²) in [5, 5.41) is 6.70. The van der Waals surface area contributed by atoms with Crippen LogP contribution in [0, 0.1) is 6.92 Å². The van der Waals surface area contributed by atoms with E-state index in [2.05, 4.69) is 15.4 Å². The molecule has 1 amide bonds. The van der Waals surface area contributed by atoms with Crippen molar-refractivity contribution in [3.05, 3.63) is 59.8 Å². The minimum atomic E-state index is -3.70. The largest absolute Gasteiger partial charge is 0.369 e. The summed E-state index contributed by atoms with van der Waals surface area (Å²) >= 11 is 0. The van der Waals surface area contributed by atoms with Crippen LogP contribution < -0.4 is 10.2 Å². The van der Waals surface area contributed by atoms with E-state index < -0.39 is 10.0 Å². The molecule has 1 N–H and O–H groups in total. The predicted octanol–water partition coefficient (Wildman–Crippen LogP) is 3.68. The second-order valence-corrected chi connectivity index (χ2v) is 9.98. The van der Waals surface area contributed by atoms with Gasteiger partial charge in [-0.2, -0.15) is 4.31 Å². The Balaban J connectivity index is 1.63. The third-order valence-corrected chi connectivity index (χ3v) is 7.88. The van der Waals surface area contributed by atoms with E-state index in [1.807, 2.05) is 43.3 Å². The molecule has 9 heteroatoms. The maximum Gasteiger partial charge on any atom is 0.243 e. The normalized spacial score (nSPS) is 14.9. The highest BCUT2D eigenvalue weighted by molar-refractivity contribution is 7.89. The van der Waals surface area contributed by atoms with Crippen molar-refractivity contribution in [2.75, 3.05) is 36.4 Å². The zero-order chi connectivity index (χ0) is 23.6. The number of nitrogens with zero attached hydrogens (tertiary/aromatic N) is 3. The quantitative estimate of drug-likeness (QED) is 0.593. The summed E-state index contributed by atoms with van der Waals surface area (Å²) in [6.45, 7) is 7.17. The minimum Gasteiger partial charge on any atom is -0.369 e. The Morgan fingerprint density at radius 2 is 1.79 bits per heavy atom. The smallest absolute Gasteiger partial charge is 0.243 e. The Bertz CT molecular complexity index is 1250. The lowest BCUT2D eigenvalue weighted by Crippen LogP contribution is -2.48. The molecule has 0 saturated carbocycles. The molecule has 0 radical (unpaired) electrons. The fourth-order valence-electron chi connectivity index (χ4n) is 4.11. The Hall–Kier alpha value is -3.17. The summed E-state index contributed by atoms with van der Waals surface area (Å²) in [5.41, 5.74) is 3.67. The van der Waals surface area contributed by atoms with Crippen molar-refractivity contribution in [2.24, 2.45) is 0 Å². The number of sulfonamides is 1. The first kappa shape index (κ1) is 23.0. The standard InChI is InChI=1S/C24H28N4O4S/c1-4-21-23(24(32-26-21)25-18(3)29)19-11-10-17(2)22(16-19)33(30,31)28-14-12-27(13-15-28)20-8-6-5-7-9-20/h5-11,16H,4,12-15H2,1-3H3,(H,25,29). The summed E-state index contributed by atoms with van der Waals surface area (Å²) in [4.78, 5) is 14.1. The van der Waals surface area contributed by atoms with E-state index in [4.69, 9.17) is 4.52 Å². The molecule has 1 aromatic heterocycles. The zero-order valence-corrected chi connectivity index (χ0v) is 19.9. The van der Waals surface area contributed by atoms with E-state index in [-0.39, 0.29) is 16.7 Å². The number of nitrogens with one attached hydrogen (secondary N) is 1. The van der Waals surface area contributed by atoms with Crippen molar-refractivity contribution < 1.29 is 17.7 Å². The van der Waals surface area contributed by atoms with Crippen LogP contribution in [0.15, 0.2) is 57.9 Å². The maximum atomic E-state index is 13.6. The molecule has 2 heterocycles. The molecule has 3 aromatic rings. The number of aryl methyl sites for hydroxylation is 2. The first-order valence-electron chi connectivity index (χ1n) is 11.0. The van der Waals surface area contributed by atoms with Gasteiger partial charge in [-0.1, -0.05) is 42.4 Å². The number of para-hydroxylation sites is 1.